The molecule has 0 amide bonds. The Bertz CT molecular complexity index is 688. The number of hydrogen-bond acceptors (Lipinski definition) is 4. The zero-order valence-electron chi connectivity index (χ0n) is 11.5. The molecule has 0 radical (unpaired) electrons. The molecule has 2 aliphatic heterocycles. The van der Waals surface area contributed by atoms with Crippen molar-refractivity contribution < 1.29 is 8.42 Å². The summed E-state index contributed by atoms with van der Waals surface area (Å²) in [6.45, 7) is 1.98. The first-order valence-electron chi connectivity index (χ1n) is 7.12. The van der Waals surface area contributed by atoms with Gasteiger partial charge in [0.25, 0.3) is 5.56 Å². The number of nitrogens with one attached hydrogen (secondary N) is 2. The number of pyridine rings is 1. The molecule has 0 aromatic carbocycles. The minimum atomic E-state index is -3.66. The Morgan fingerprint density at radius 2 is 2.10 bits per heavy atom. The molecule has 2 saturated heterocycles. The van der Waals surface area contributed by atoms with E-state index < -0.39 is 15.6 Å². The highest BCUT2D eigenvalue weighted by Crippen LogP contribution is 2.28. The van der Waals surface area contributed by atoms with Crippen LogP contribution in [0.15, 0.2) is 22.0 Å². The van der Waals surface area contributed by atoms with Crippen molar-refractivity contribution in [2.45, 2.75) is 42.7 Å². The number of H-pyrrole nitrogens is 1. The number of sulfonamides is 1. The summed E-state index contributed by atoms with van der Waals surface area (Å²) < 4.78 is 27.6. The Hall–Kier alpha value is -0.890. The van der Waals surface area contributed by atoms with E-state index >= 15 is 0 Å². The third kappa shape index (κ3) is 3.01. The molecular weight excluding hydrogens is 314 g/mol. The molecule has 3 heterocycles. The van der Waals surface area contributed by atoms with Gasteiger partial charge in [-0.25, -0.2) is 13.1 Å². The summed E-state index contributed by atoms with van der Waals surface area (Å²) in [5, 5.41) is -0.122. The van der Waals surface area contributed by atoms with Crippen molar-refractivity contribution in [2.24, 2.45) is 0 Å². The Labute approximate surface area is 128 Å². The standard InChI is InChI=1S/C13H18ClN3O3S/c14-10-7-9(8-15-13(10)18)21(19,20)16-11-4-6-17-5-2-1-3-12(11)17/h7-8,11-12,16H,1-6H2,(H,15,18). The lowest BCUT2D eigenvalue weighted by atomic mass is 10.00. The molecule has 2 N–H and O–H groups in total. The van der Waals surface area contributed by atoms with Gasteiger partial charge in [-0.3, -0.25) is 9.69 Å². The van der Waals surface area contributed by atoms with Crippen LogP contribution in [0.5, 0.6) is 0 Å². The van der Waals surface area contributed by atoms with Crippen LogP contribution in [0, 0.1) is 0 Å². The van der Waals surface area contributed by atoms with E-state index in [-0.39, 0.29) is 22.0 Å². The lowest BCUT2D eigenvalue weighted by Gasteiger charge is -2.32. The minimum absolute atomic E-state index is 0.00126. The Morgan fingerprint density at radius 3 is 2.86 bits per heavy atom. The third-order valence-electron chi connectivity index (χ3n) is 4.30. The molecule has 2 unspecified atom stereocenters. The molecule has 8 heteroatoms. The largest absolute Gasteiger partial charge is 0.326 e. The van der Waals surface area contributed by atoms with Crippen molar-refractivity contribution in [3.63, 3.8) is 0 Å². The molecule has 3 rings (SSSR count). The second-order valence-electron chi connectivity index (χ2n) is 5.63. The maximum absolute atomic E-state index is 12.4. The molecule has 1 aromatic rings. The van der Waals surface area contributed by atoms with E-state index in [1.807, 2.05) is 0 Å². The van der Waals surface area contributed by atoms with Gasteiger partial charge in [0.2, 0.25) is 10.0 Å². The molecule has 0 bridgehead atoms. The zero-order chi connectivity index (χ0) is 15.0. The lowest BCUT2D eigenvalue weighted by Crippen LogP contribution is -2.46. The number of hydrogen-bond donors (Lipinski definition) is 2. The summed E-state index contributed by atoms with van der Waals surface area (Å²) in [6.07, 6.45) is 5.36. The monoisotopic (exact) mass is 331 g/mol. The molecule has 6 nitrogen and oxygen atoms in total. The second kappa shape index (κ2) is 5.72. The summed E-state index contributed by atoms with van der Waals surface area (Å²) in [5.41, 5.74) is -0.491. The average molecular weight is 332 g/mol. The molecule has 1 aromatic heterocycles. The van der Waals surface area contributed by atoms with E-state index in [9.17, 15) is 13.2 Å². The molecule has 0 aliphatic carbocycles. The molecule has 0 spiro atoms. The molecule has 2 aliphatic rings. The van der Waals surface area contributed by atoms with Gasteiger partial charge in [0, 0.05) is 24.8 Å². The van der Waals surface area contributed by atoms with Crippen LogP contribution in [-0.4, -0.2) is 43.5 Å². The van der Waals surface area contributed by atoms with Gasteiger partial charge < -0.3 is 4.98 Å². The van der Waals surface area contributed by atoms with Crippen molar-refractivity contribution >= 4 is 21.6 Å². The van der Waals surface area contributed by atoms with Gasteiger partial charge in [-0.05, 0) is 31.9 Å². The first kappa shape index (κ1) is 15.0. The van der Waals surface area contributed by atoms with Crippen LogP contribution in [0.1, 0.15) is 25.7 Å². The number of halogens is 1. The number of rotatable bonds is 3. The highest BCUT2D eigenvalue weighted by atomic mass is 35.5. The highest BCUT2D eigenvalue weighted by molar-refractivity contribution is 7.89. The van der Waals surface area contributed by atoms with Crippen molar-refractivity contribution in [2.75, 3.05) is 13.1 Å². The lowest BCUT2D eigenvalue weighted by molar-refractivity contribution is 0.186. The Kier molecular flexibility index (Phi) is 4.09. The van der Waals surface area contributed by atoms with Crippen LogP contribution in [0.3, 0.4) is 0 Å². The van der Waals surface area contributed by atoms with E-state index in [2.05, 4.69) is 14.6 Å². The summed E-state index contributed by atoms with van der Waals surface area (Å²) >= 11 is 5.70. The van der Waals surface area contributed by atoms with Gasteiger partial charge >= 0.3 is 0 Å². The minimum Gasteiger partial charge on any atom is -0.326 e. The van der Waals surface area contributed by atoms with Crippen LogP contribution in [0.2, 0.25) is 5.02 Å². The van der Waals surface area contributed by atoms with Gasteiger partial charge in [-0.2, -0.15) is 0 Å². The van der Waals surface area contributed by atoms with Crippen molar-refractivity contribution in [3.8, 4) is 0 Å². The van der Waals surface area contributed by atoms with Gasteiger partial charge in [-0.1, -0.05) is 18.0 Å². The maximum Gasteiger partial charge on any atom is 0.266 e. The van der Waals surface area contributed by atoms with Crippen LogP contribution < -0.4 is 10.3 Å². The van der Waals surface area contributed by atoms with E-state index in [1.165, 1.54) is 18.7 Å². The van der Waals surface area contributed by atoms with E-state index in [4.69, 9.17) is 11.6 Å². The number of fused-ring (bicyclic) bond motifs is 1. The van der Waals surface area contributed by atoms with Crippen LogP contribution in [-0.2, 0) is 10.0 Å². The zero-order valence-corrected chi connectivity index (χ0v) is 13.1. The van der Waals surface area contributed by atoms with Crippen LogP contribution >= 0.6 is 11.6 Å². The molecule has 21 heavy (non-hydrogen) atoms. The molecular formula is C13H18ClN3O3S. The number of aromatic nitrogens is 1. The van der Waals surface area contributed by atoms with Gasteiger partial charge in [0.15, 0.2) is 0 Å². The topological polar surface area (TPSA) is 82.3 Å². The van der Waals surface area contributed by atoms with Crippen molar-refractivity contribution in [1.82, 2.24) is 14.6 Å². The summed E-state index contributed by atoms with van der Waals surface area (Å²) in [6, 6.07) is 1.41. The summed E-state index contributed by atoms with van der Waals surface area (Å²) in [5.74, 6) is 0. The SMILES string of the molecule is O=c1[nH]cc(S(=O)(=O)NC2CCN3CCCCC23)cc1Cl. The number of piperidine rings is 1. The predicted octanol–water partition coefficient (Wildman–Crippen LogP) is 0.933. The van der Waals surface area contributed by atoms with Gasteiger partial charge in [-0.15, -0.1) is 0 Å². The molecule has 116 valence electrons. The number of nitrogens with zero attached hydrogens (tertiary/aromatic N) is 1. The van der Waals surface area contributed by atoms with Crippen molar-refractivity contribution in [3.05, 3.63) is 27.6 Å². The second-order valence-corrected chi connectivity index (χ2v) is 7.75. The molecule has 2 fully saturated rings. The Balaban J connectivity index is 1.79. The van der Waals surface area contributed by atoms with E-state index in [0.29, 0.717) is 0 Å². The smallest absolute Gasteiger partial charge is 0.266 e. The maximum atomic E-state index is 12.4. The first-order chi connectivity index (χ1) is 9.97. The average Bonchev–Trinajstić information content (AvgIpc) is 2.85. The third-order valence-corrected chi connectivity index (χ3v) is 6.05. The quantitative estimate of drug-likeness (QED) is 0.863. The van der Waals surface area contributed by atoms with E-state index in [0.717, 1.165) is 32.4 Å². The number of aromatic amines is 1. The fourth-order valence-electron chi connectivity index (χ4n) is 3.25. The summed E-state index contributed by atoms with van der Waals surface area (Å²) in [4.78, 5) is 15.9. The fourth-order valence-corrected chi connectivity index (χ4v) is 4.78. The fraction of sp³-hybridized carbons (Fsp3) is 0.615. The van der Waals surface area contributed by atoms with Crippen molar-refractivity contribution in [1.29, 1.82) is 0 Å². The predicted molar refractivity (Wildman–Crippen MR) is 80.0 cm³/mol. The molecule has 2 atom stereocenters. The van der Waals surface area contributed by atoms with Crippen LogP contribution in [0.25, 0.3) is 0 Å². The van der Waals surface area contributed by atoms with Gasteiger partial charge in [0.05, 0.1) is 4.90 Å². The van der Waals surface area contributed by atoms with Gasteiger partial charge in [0.1, 0.15) is 5.02 Å². The van der Waals surface area contributed by atoms with Crippen LogP contribution in [0.4, 0.5) is 0 Å². The first-order valence-corrected chi connectivity index (χ1v) is 8.98. The normalized spacial score (nSPS) is 26.7. The Morgan fingerprint density at radius 1 is 1.29 bits per heavy atom. The molecule has 0 saturated carbocycles. The highest BCUT2D eigenvalue weighted by Gasteiger charge is 2.37. The van der Waals surface area contributed by atoms with E-state index in [1.54, 1.807) is 0 Å². The summed E-state index contributed by atoms with van der Waals surface area (Å²) in [7, 11) is -3.66.